The molecule has 1 nitrogen and oxygen atoms in total. The lowest BCUT2D eigenvalue weighted by molar-refractivity contribution is 0.558. The Morgan fingerprint density at radius 1 is 1.43 bits per heavy atom. The lowest BCUT2D eigenvalue weighted by atomic mass is 10.1. The first-order valence-corrected chi connectivity index (χ1v) is 4.95. The van der Waals surface area contributed by atoms with Gasteiger partial charge in [-0.1, -0.05) is 24.3 Å². The van der Waals surface area contributed by atoms with Crippen LogP contribution in [0.1, 0.15) is 24.5 Å². The minimum absolute atomic E-state index is 0.389. The van der Waals surface area contributed by atoms with Gasteiger partial charge < -0.3 is 5.32 Å². The third-order valence-corrected chi connectivity index (χ3v) is 2.33. The Morgan fingerprint density at radius 2 is 2.14 bits per heavy atom. The van der Waals surface area contributed by atoms with Crippen LogP contribution in [0.5, 0.6) is 0 Å². The van der Waals surface area contributed by atoms with Crippen LogP contribution in [-0.2, 0) is 6.54 Å². The summed E-state index contributed by atoms with van der Waals surface area (Å²) in [6.07, 6.45) is 6.02. The van der Waals surface area contributed by atoms with Crippen molar-refractivity contribution in [3.8, 4) is 12.3 Å². The summed E-state index contributed by atoms with van der Waals surface area (Å²) < 4.78 is 0. The molecule has 0 spiro atoms. The molecule has 1 N–H and O–H groups in total. The number of rotatable bonds is 4. The predicted octanol–water partition coefficient (Wildman–Crippen LogP) is 2.50. The fourth-order valence-corrected chi connectivity index (χ4v) is 1.34. The van der Waals surface area contributed by atoms with Crippen molar-refractivity contribution in [2.45, 2.75) is 32.9 Å². The van der Waals surface area contributed by atoms with Gasteiger partial charge in [-0.2, -0.15) is 0 Å². The summed E-state index contributed by atoms with van der Waals surface area (Å²) in [7, 11) is 0. The lowest BCUT2D eigenvalue weighted by Crippen LogP contribution is -2.25. The Balaban J connectivity index is 2.46. The molecule has 0 aromatic heterocycles. The van der Waals surface area contributed by atoms with Gasteiger partial charge in [0.15, 0.2) is 0 Å². The Hall–Kier alpha value is -1.26. The lowest BCUT2D eigenvalue weighted by Gasteiger charge is -2.12. The smallest absolute Gasteiger partial charge is 0.0238 e. The fraction of sp³-hybridized carbons (Fsp3) is 0.385. The average molecular weight is 187 g/mol. The summed E-state index contributed by atoms with van der Waals surface area (Å²) in [6, 6.07) is 8.78. The second-order valence-electron chi connectivity index (χ2n) is 3.62. The first kappa shape index (κ1) is 10.8. The summed E-state index contributed by atoms with van der Waals surface area (Å²) in [6.45, 7) is 5.14. The van der Waals surface area contributed by atoms with Gasteiger partial charge in [0.05, 0.1) is 0 Å². The predicted molar refractivity (Wildman–Crippen MR) is 60.9 cm³/mol. The molecular formula is C13H17N. The van der Waals surface area contributed by atoms with E-state index in [-0.39, 0.29) is 0 Å². The molecule has 0 aliphatic carbocycles. The maximum atomic E-state index is 5.24. The maximum absolute atomic E-state index is 5.24. The van der Waals surface area contributed by atoms with Gasteiger partial charge in [0.1, 0.15) is 0 Å². The summed E-state index contributed by atoms with van der Waals surface area (Å²) in [5, 5.41) is 3.40. The molecule has 0 bridgehead atoms. The van der Waals surface area contributed by atoms with Crippen LogP contribution in [-0.4, -0.2) is 6.04 Å². The monoisotopic (exact) mass is 187 g/mol. The van der Waals surface area contributed by atoms with Gasteiger partial charge in [-0.15, -0.1) is 12.3 Å². The van der Waals surface area contributed by atoms with Crippen LogP contribution in [0.3, 0.4) is 0 Å². The highest BCUT2D eigenvalue weighted by atomic mass is 14.9. The van der Waals surface area contributed by atoms with Gasteiger partial charge >= 0.3 is 0 Å². The quantitative estimate of drug-likeness (QED) is 0.714. The van der Waals surface area contributed by atoms with E-state index in [2.05, 4.69) is 49.4 Å². The van der Waals surface area contributed by atoms with Crippen LogP contribution >= 0.6 is 0 Å². The van der Waals surface area contributed by atoms with Gasteiger partial charge in [0.25, 0.3) is 0 Å². The normalized spacial score (nSPS) is 12.1. The van der Waals surface area contributed by atoms with Crippen LogP contribution in [0, 0.1) is 19.3 Å². The van der Waals surface area contributed by atoms with E-state index in [4.69, 9.17) is 6.42 Å². The number of nitrogens with one attached hydrogen (secondary N) is 1. The zero-order valence-corrected chi connectivity index (χ0v) is 8.88. The van der Waals surface area contributed by atoms with Crippen molar-refractivity contribution in [3.63, 3.8) is 0 Å². The van der Waals surface area contributed by atoms with E-state index in [0.717, 1.165) is 13.0 Å². The highest BCUT2D eigenvalue weighted by Crippen LogP contribution is 2.06. The molecule has 0 amide bonds. The highest BCUT2D eigenvalue weighted by molar-refractivity contribution is 5.25. The third-order valence-electron chi connectivity index (χ3n) is 2.33. The average Bonchev–Trinajstić information content (AvgIpc) is 2.17. The molecule has 1 aromatic carbocycles. The molecule has 14 heavy (non-hydrogen) atoms. The molecule has 0 fully saturated rings. The van der Waals surface area contributed by atoms with Crippen LogP contribution in [0.15, 0.2) is 24.3 Å². The largest absolute Gasteiger partial charge is 0.309 e. The molecule has 1 rings (SSSR count). The zero-order valence-electron chi connectivity index (χ0n) is 8.88. The minimum Gasteiger partial charge on any atom is -0.309 e. The SMILES string of the molecule is C#CCC(C)NCc1ccccc1C. The van der Waals surface area contributed by atoms with Crippen LogP contribution in [0.4, 0.5) is 0 Å². The number of benzene rings is 1. The molecule has 0 aliphatic heterocycles. The first-order chi connectivity index (χ1) is 6.74. The van der Waals surface area contributed by atoms with E-state index in [9.17, 15) is 0 Å². The topological polar surface area (TPSA) is 12.0 Å². The standard InChI is InChI=1S/C13H17N/c1-4-7-12(3)14-10-13-9-6-5-8-11(13)2/h1,5-6,8-9,12,14H,7,10H2,2-3H3. The maximum Gasteiger partial charge on any atom is 0.0238 e. The van der Waals surface area contributed by atoms with E-state index >= 15 is 0 Å². The van der Waals surface area contributed by atoms with Crippen molar-refractivity contribution < 1.29 is 0 Å². The molecule has 0 heterocycles. The molecule has 1 heteroatoms. The molecule has 1 atom stereocenters. The van der Waals surface area contributed by atoms with Crippen molar-refractivity contribution in [2.75, 3.05) is 0 Å². The Bertz CT molecular complexity index is 322. The van der Waals surface area contributed by atoms with Crippen molar-refractivity contribution in [2.24, 2.45) is 0 Å². The molecule has 74 valence electrons. The van der Waals surface area contributed by atoms with Gasteiger partial charge in [-0.05, 0) is 25.0 Å². The van der Waals surface area contributed by atoms with Gasteiger partial charge in [-0.3, -0.25) is 0 Å². The van der Waals surface area contributed by atoms with Crippen LogP contribution in [0.25, 0.3) is 0 Å². The molecule has 0 saturated carbocycles. The second kappa shape index (κ2) is 5.47. The van der Waals surface area contributed by atoms with Crippen molar-refractivity contribution in [1.29, 1.82) is 0 Å². The van der Waals surface area contributed by atoms with Crippen molar-refractivity contribution >= 4 is 0 Å². The Labute approximate surface area is 86.5 Å². The van der Waals surface area contributed by atoms with E-state index < -0.39 is 0 Å². The summed E-state index contributed by atoms with van der Waals surface area (Å²) in [5.41, 5.74) is 2.67. The van der Waals surface area contributed by atoms with Crippen molar-refractivity contribution in [1.82, 2.24) is 5.32 Å². The Morgan fingerprint density at radius 3 is 2.79 bits per heavy atom. The van der Waals surface area contributed by atoms with E-state index in [1.54, 1.807) is 0 Å². The number of aryl methyl sites for hydroxylation is 1. The van der Waals surface area contributed by atoms with E-state index in [1.807, 2.05) is 0 Å². The Kier molecular flexibility index (Phi) is 4.22. The summed E-state index contributed by atoms with van der Waals surface area (Å²) in [5.74, 6) is 2.66. The van der Waals surface area contributed by atoms with Crippen LogP contribution < -0.4 is 5.32 Å². The molecule has 0 saturated heterocycles. The first-order valence-electron chi connectivity index (χ1n) is 4.95. The molecular weight excluding hydrogens is 170 g/mol. The number of hydrogen-bond donors (Lipinski definition) is 1. The zero-order chi connectivity index (χ0) is 10.4. The fourth-order valence-electron chi connectivity index (χ4n) is 1.34. The van der Waals surface area contributed by atoms with E-state index in [1.165, 1.54) is 11.1 Å². The summed E-state index contributed by atoms with van der Waals surface area (Å²) >= 11 is 0. The molecule has 0 radical (unpaired) electrons. The second-order valence-corrected chi connectivity index (χ2v) is 3.62. The number of terminal acetylenes is 1. The molecule has 1 unspecified atom stereocenters. The third kappa shape index (κ3) is 3.24. The van der Waals surface area contributed by atoms with E-state index in [0.29, 0.717) is 6.04 Å². The number of hydrogen-bond acceptors (Lipinski definition) is 1. The van der Waals surface area contributed by atoms with Crippen molar-refractivity contribution in [3.05, 3.63) is 35.4 Å². The highest BCUT2D eigenvalue weighted by Gasteiger charge is 2.00. The van der Waals surface area contributed by atoms with Crippen LogP contribution in [0.2, 0.25) is 0 Å². The minimum atomic E-state index is 0.389. The van der Waals surface area contributed by atoms with Gasteiger partial charge in [-0.25, -0.2) is 0 Å². The molecule has 0 aliphatic rings. The van der Waals surface area contributed by atoms with Gasteiger partial charge in [0.2, 0.25) is 0 Å². The van der Waals surface area contributed by atoms with Gasteiger partial charge in [0, 0.05) is 19.0 Å². The molecule has 1 aromatic rings. The summed E-state index contributed by atoms with van der Waals surface area (Å²) in [4.78, 5) is 0.